The van der Waals surface area contributed by atoms with Crippen LogP contribution >= 0.6 is 0 Å². The lowest BCUT2D eigenvalue weighted by molar-refractivity contribution is 0.666. The molecule has 12 rings (SSSR count). The van der Waals surface area contributed by atoms with Crippen LogP contribution in [0.1, 0.15) is 0 Å². The first-order chi connectivity index (χ1) is 28.2. The minimum Gasteiger partial charge on any atom is -0.456 e. The summed E-state index contributed by atoms with van der Waals surface area (Å²) in [5.41, 5.74) is 11.3. The summed E-state index contributed by atoms with van der Waals surface area (Å²) in [5, 5.41) is 6.33. The summed E-state index contributed by atoms with van der Waals surface area (Å²) in [7, 11) is 0. The van der Waals surface area contributed by atoms with Crippen molar-refractivity contribution in [1.82, 2.24) is 19.5 Å². The van der Waals surface area contributed by atoms with Crippen molar-refractivity contribution in [3.05, 3.63) is 182 Å². The van der Waals surface area contributed by atoms with Crippen LogP contribution in [-0.2, 0) is 0 Å². The van der Waals surface area contributed by atoms with Crippen LogP contribution in [0.5, 0.6) is 0 Å². The van der Waals surface area contributed by atoms with Gasteiger partial charge in [0.05, 0.1) is 16.7 Å². The Balaban J connectivity index is 1.13. The Morgan fingerprint density at radius 3 is 1.77 bits per heavy atom. The normalized spacial score (nSPS) is 11.9. The van der Waals surface area contributed by atoms with Crippen LogP contribution in [0, 0.1) is 0 Å². The zero-order chi connectivity index (χ0) is 37.5. The van der Waals surface area contributed by atoms with Crippen molar-refractivity contribution in [3.63, 3.8) is 0 Å². The molecule has 57 heavy (non-hydrogen) atoms. The van der Waals surface area contributed by atoms with Gasteiger partial charge in [0.15, 0.2) is 23.1 Å². The van der Waals surface area contributed by atoms with E-state index in [1.807, 2.05) is 60.7 Å². The molecule has 0 amide bonds. The molecule has 0 aliphatic heterocycles. The maximum absolute atomic E-state index is 6.89. The highest BCUT2D eigenvalue weighted by Gasteiger charge is 2.24. The molecule has 0 spiro atoms. The molecule has 8 aromatic carbocycles. The topological polar surface area (TPSA) is 69.9 Å². The molecule has 12 aromatic rings. The number of rotatable bonds is 5. The van der Waals surface area contributed by atoms with E-state index in [1.165, 1.54) is 0 Å². The van der Waals surface area contributed by atoms with Gasteiger partial charge in [-0.1, -0.05) is 133 Å². The fourth-order valence-electron chi connectivity index (χ4n) is 8.43. The molecule has 266 valence electrons. The lowest BCUT2D eigenvalue weighted by atomic mass is 10.0. The van der Waals surface area contributed by atoms with Crippen molar-refractivity contribution in [1.29, 1.82) is 0 Å². The highest BCUT2D eigenvalue weighted by molar-refractivity contribution is 6.19. The molecule has 6 nitrogen and oxygen atoms in total. The SMILES string of the molecule is c1ccc(-c2cccc(-c3nc(-c4ccccc4)nc(-c4ccc(-n5c6ccccc6c6cc7oc8ccccc8c7cc65)c5oc6ccccc6c45)n3)c2)cc1. The van der Waals surface area contributed by atoms with Gasteiger partial charge in [-0.05, 0) is 59.7 Å². The molecule has 0 fully saturated rings. The van der Waals surface area contributed by atoms with E-state index in [-0.39, 0.29) is 0 Å². The Kier molecular flexibility index (Phi) is 6.83. The molecule has 4 heterocycles. The molecule has 0 aliphatic rings. The minimum atomic E-state index is 0.570. The summed E-state index contributed by atoms with van der Waals surface area (Å²) in [6, 6.07) is 62.6. The third kappa shape index (κ3) is 4.94. The van der Waals surface area contributed by atoms with E-state index in [0.717, 1.165) is 99.2 Å². The van der Waals surface area contributed by atoms with Gasteiger partial charge in [-0.25, -0.2) is 15.0 Å². The monoisotopic (exact) mass is 730 g/mol. The quantitative estimate of drug-likeness (QED) is 0.176. The summed E-state index contributed by atoms with van der Waals surface area (Å²) in [6.07, 6.45) is 0. The molecular weight excluding hydrogens is 701 g/mol. The Hall–Kier alpha value is -7.83. The van der Waals surface area contributed by atoms with Crippen LogP contribution < -0.4 is 0 Å². The van der Waals surface area contributed by atoms with Crippen molar-refractivity contribution < 1.29 is 8.83 Å². The molecule has 0 saturated carbocycles. The standard InChI is InChI=1S/C51H30N4O2/c1-3-14-31(15-4-1)33-18-13-19-34(28-33)50-52-49(32-16-5-2-6-17-32)53-51(54-50)38-26-27-42(48-47(38)37-22-9-12-25-45(37)57-48)55-41-23-10-7-20-35(41)39-30-46-40(29-43(39)55)36-21-8-11-24-44(36)56-46/h1-30H. The second kappa shape index (κ2) is 12.3. The fraction of sp³-hybridized carbons (Fsp3) is 0. The molecule has 0 saturated heterocycles. The van der Waals surface area contributed by atoms with E-state index in [0.29, 0.717) is 17.5 Å². The minimum absolute atomic E-state index is 0.570. The molecule has 0 unspecified atom stereocenters. The summed E-state index contributed by atoms with van der Waals surface area (Å²) in [6.45, 7) is 0. The van der Waals surface area contributed by atoms with E-state index in [2.05, 4.69) is 126 Å². The number of aromatic nitrogens is 4. The Labute approximate surface area is 325 Å². The number of hydrogen-bond acceptors (Lipinski definition) is 5. The van der Waals surface area contributed by atoms with Gasteiger partial charge >= 0.3 is 0 Å². The predicted molar refractivity (Wildman–Crippen MR) is 230 cm³/mol. The van der Waals surface area contributed by atoms with Crippen molar-refractivity contribution in [2.45, 2.75) is 0 Å². The molecule has 0 bridgehead atoms. The smallest absolute Gasteiger partial charge is 0.164 e. The molecular formula is C51H30N4O2. The van der Waals surface area contributed by atoms with E-state index in [1.54, 1.807) is 0 Å². The summed E-state index contributed by atoms with van der Waals surface area (Å²) in [5.74, 6) is 1.77. The number of nitrogens with zero attached hydrogens (tertiary/aromatic N) is 4. The van der Waals surface area contributed by atoms with Gasteiger partial charge in [-0.15, -0.1) is 0 Å². The van der Waals surface area contributed by atoms with Gasteiger partial charge < -0.3 is 13.4 Å². The number of hydrogen-bond donors (Lipinski definition) is 0. The first kappa shape index (κ1) is 31.5. The maximum atomic E-state index is 6.89. The Bertz CT molecular complexity index is 3530. The van der Waals surface area contributed by atoms with Crippen LogP contribution in [0.4, 0.5) is 0 Å². The van der Waals surface area contributed by atoms with Gasteiger partial charge in [0.25, 0.3) is 0 Å². The average molecular weight is 731 g/mol. The Morgan fingerprint density at radius 2 is 0.965 bits per heavy atom. The highest BCUT2D eigenvalue weighted by Crippen LogP contribution is 2.44. The van der Waals surface area contributed by atoms with Crippen molar-refractivity contribution >= 4 is 65.7 Å². The molecule has 0 aliphatic carbocycles. The van der Waals surface area contributed by atoms with Crippen LogP contribution in [-0.4, -0.2) is 19.5 Å². The van der Waals surface area contributed by atoms with E-state index >= 15 is 0 Å². The molecule has 0 radical (unpaired) electrons. The van der Waals surface area contributed by atoms with Gasteiger partial charge in [0, 0.05) is 49.0 Å². The van der Waals surface area contributed by atoms with E-state index in [4.69, 9.17) is 23.8 Å². The summed E-state index contributed by atoms with van der Waals surface area (Å²) >= 11 is 0. The molecule has 0 N–H and O–H groups in total. The van der Waals surface area contributed by atoms with Gasteiger partial charge in [0.1, 0.15) is 16.7 Å². The average Bonchev–Trinajstić information content (AvgIpc) is 3.95. The van der Waals surface area contributed by atoms with E-state index in [9.17, 15) is 0 Å². The second-order valence-corrected chi connectivity index (χ2v) is 14.4. The van der Waals surface area contributed by atoms with Crippen LogP contribution in [0.25, 0.3) is 117 Å². The highest BCUT2D eigenvalue weighted by atomic mass is 16.3. The predicted octanol–water partition coefficient (Wildman–Crippen LogP) is 13.4. The van der Waals surface area contributed by atoms with Crippen molar-refractivity contribution in [2.24, 2.45) is 0 Å². The van der Waals surface area contributed by atoms with Crippen LogP contribution in [0.15, 0.2) is 191 Å². The summed E-state index contributed by atoms with van der Waals surface area (Å²) < 4.78 is 15.6. The largest absolute Gasteiger partial charge is 0.456 e. The van der Waals surface area contributed by atoms with Crippen molar-refractivity contribution in [3.8, 4) is 51.0 Å². The first-order valence-electron chi connectivity index (χ1n) is 19.0. The second-order valence-electron chi connectivity index (χ2n) is 14.4. The zero-order valence-electron chi connectivity index (χ0n) is 30.4. The Morgan fingerprint density at radius 1 is 0.351 bits per heavy atom. The lowest BCUT2D eigenvalue weighted by Gasteiger charge is -2.13. The number of para-hydroxylation sites is 3. The van der Waals surface area contributed by atoms with Gasteiger partial charge in [0.2, 0.25) is 0 Å². The van der Waals surface area contributed by atoms with Gasteiger partial charge in [-0.3, -0.25) is 0 Å². The van der Waals surface area contributed by atoms with Crippen LogP contribution in [0.3, 0.4) is 0 Å². The molecule has 6 heteroatoms. The van der Waals surface area contributed by atoms with Crippen LogP contribution in [0.2, 0.25) is 0 Å². The fourth-order valence-corrected chi connectivity index (χ4v) is 8.43. The van der Waals surface area contributed by atoms with Gasteiger partial charge in [-0.2, -0.15) is 0 Å². The number of furan rings is 2. The number of fused-ring (bicyclic) bond motifs is 9. The van der Waals surface area contributed by atoms with Crippen molar-refractivity contribution in [2.75, 3.05) is 0 Å². The molecule has 4 aromatic heterocycles. The lowest BCUT2D eigenvalue weighted by Crippen LogP contribution is -2.01. The maximum Gasteiger partial charge on any atom is 0.164 e. The molecule has 0 atom stereocenters. The van der Waals surface area contributed by atoms with E-state index < -0.39 is 0 Å². The third-order valence-electron chi connectivity index (χ3n) is 11.1. The zero-order valence-corrected chi connectivity index (χ0v) is 30.4. The first-order valence-corrected chi connectivity index (χ1v) is 19.0. The summed E-state index contributed by atoms with van der Waals surface area (Å²) in [4.78, 5) is 15.5. The number of benzene rings is 8. The third-order valence-corrected chi connectivity index (χ3v) is 11.1.